The van der Waals surface area contributed by atoms with E-state index in [9.17, 15) is 24.3 Å². The molecule has 9 heteroatoms. The van der Waals surface area contributed by atoms with E-state index in [-0.39, 0.29) is 12.2 Å². The van der Waals surface area contributed by atoms with Crippen LogP contribution < -0.4 is 16.0 Å². The number of ether oxygens (including phenoxy) is 2. The molecule has 1 N–H and O–H groups in total. The standard InChI is InChI=1S/C20H24N2O7/c1-6-29-19(26)14(11(2)23)15(12-7-9-13(28-5)10-8-12)16-17(24)21(3)20(27)22(4)18(16)25/h7-10,14-15,24H,6H2,1-5H3. The Morgan fingerprint density at radius 2 is 1.69 bits per heavy atom. The number of benzene rings is 1. The molecular formula is C20H24N2O7. The molecule has 156 valence electrons. The SMILES string of the molecule is CCOC(=O)C(C(C)=O)C(c1ccc(OC)cc1)c1c(O)n(C)c(=O)n(C)c1=O. The van der Waals surface area contributed by atoms with E-state index in [0.717, 1.165) is 9.13 Å². The maximum Gasteiger partial charge on any atom is 0.333 e. The summed E-state index contributed by atoms with van der Waals surface area (Å²) in [7, 11) is 4.03. The van der Waals surface area contributed by atoms with Gasteiger partial charge >= 0.3 is 11.7 Å². The number of carbonyl (C=O) groups excluding carboxylic acids is 2. The summed E-state index contributed by atoms with van der Waals surface area (Å²) in [6.07, 6.45) is 0. The van der Waals surface area contributed by atoms with Gasteiger partial charge < -0.3 is 14.6 Å². The van der Waals surface area contributed by atoms with Crippen LogP contribution in [0.25, 0.3) is 0 Å². The van der Waals surface area contributed by atoms with Gasteiger partial charge in [0.05, 0.1) is 19.3 Å². The van der Waals surface area contributed by atoms with E-state index < -0.39 is 40.7 Å². The van der Waals surface area contributed by atoms with E-state index in [1.807, 2.05) is 0 Å². The van der Waals surface area contributed by atoms with Crippen molar-refractivity contribution < 1.29 is 24.2 Å². The van der Waals surface area contributed by atoms with Crippen LogP contribution >= 0.6 is 0 Å². The summed E-state index contributed by atoms with van der Waals surface area (Å²) in [6, 6.07) is 6.38. The zero-order chi connectivity index (χ0) is 21.9. The highest BCUT2D eigenvalue weighted by Gasteiger charge is 2.40. The number of aromatic hydroxyl groups is 1. The number of aromatic nitrogens is 2. The summed E-state index contributed by atoms with van der Waals surface area (Å²) >= 11 is 0. The number of hydrogen-bond acceptors (Lipinski definition) is 7. The largest absolute Gasteiger partial charge is 0.497 e. The lowest BCUT2D eigenvalue weighted by Gasteiger charge is -2.25. The normalized spacial score (nSPS) is 12.9. The molecule has 1 aromatic carbocycles. The summed E-state index contributed by atoms with van der Waals surface area (Å²) < 4.78 is 11.9. The van der Waals surface area contributed by atoms with Crippen molar-refractivity contribution in [1.82, 2.24) is 9.13 Å². The number of methoxy groups -OCH3 is 1. The third kappa shape index (κ3) is 4.08. The molecular weight excluding hydrogens is 380 g/mol. The van der Waals surface area contributed by atoms with E-state index in [1.165, 1.54) is 28.1 Å². The first-order valence-electron chi connectivity index (χ1n) is 8.95. The molecule has 1 aromatic heterocycles. The van der Waals surface area contributed by atoms with Crippen molar-refractivity contribution in [3.63, 3.8) is 0 Å². The van der Waals surface area contributed by atoms with Crippen LogP contribution in [0.1, 0.15) is 30.9 Å². The Labute approximate surface area is 167 Å². The molecule has 0 amide bonds. The molecule has 0 spiro atoms. The summed E-state index contributed by atoms with van der Waals surface area (Å²) in [4.78, 5) is 50.1. The van der Waals surface area contributed by atoms with Crippen molar-refractivity contribution in [1.29, 1.82) is 0 Å². The van der Waals surface area contributed by atoms with Gasteiger partial charge in [-0.05, 0) is 31.5 Å². The molecule has 0 aliphatic rings. The van der Waals surface area contributed by atoms with Crippen molar-refractivity contribution in [2.75, 3.05) is 13.7 Å². The van der Waals surface area contributed by atoms with Crippen molar-refractivity contribution >= 4 is 11.8 Å². The van der Waals surface area contributed by atoms with Gasteiger partial charge in [-0.3, -0.25) is 23.5 Å². The summed E-state index contributed by atoms with van der Waals surface area (Å²) in [5.74, 6) is -4.01. The first kappa shape index (κ1) is 21.9. The van der Waals surface area contributed by atoms with Gasteiger partial charge in [-0.1, -0.05) is 12.1 Å². The number of esters is 1. The van der Waals surface area contributed by atoms with E-state index in [4.69, 9.17) is 9.47 Å². The van der Waals surface area contributed by atoms with Crippen LogP contribution in [0, 0.1) is 5.92 Å². The summed E-state index contributed by atoms with van der Waals surface area (Å²) in [5, 5.41) is 10.6. The second kappa shape index (κ2) is 8.76. The Bertz CT molecular complexity index is 1030. The topological polar surface area (TPSA) is 117 Å². The smallest absolute Gasteiger partial charge is 0.333 e. The Balaban J connectivity index is 2.88. The Morgan fingerprint density at radius 3 is 2.17 bits per heavy atom. The molecule has 2 aromatic rings. The van der Waals surface area contributed by atoms with Gasteiger partial charge in [0.1, 0.15) is 17.5 Å². The number of hydrogen-bond donors (Lipinski definition) is 1. The van der Waals surface area contributed by atoms with Crippen LogP contribution in [-0.4, -0.2) is 39.7 Å². The molecule has 0 radical (unpaired) electrons. The fourth-order valence-corrected chi connectivity index (χ4v) is 3.24. The number of ketones is 1. The van der Waals surface area contributed by atoms with Crippen LogP contribution in [0.3, 0.4) is 0 Å². The maximum atomic E-state index is 12.9. The number of carbonyl (C=O) groups is 2. The van der Waals surface area contributed by atoms with Gasteiger partial charge in [0.15, 0.2) is 0 Å². The summed E-state index contributed by atoms with van der Waals surface area (Å²) in [5.41, 5.74) is -1.37. The van der Waals surface area contributed by atoms with Gasteiger partial charge in [-0.15, -0.1) is 0 Å². The average molecular weight is 404 g/mol. The van der Waals surface area contributed by atoms with Gasteiger partial charge in [0.2, 0.25) is 5.88 Å². The van der Waals surface area contributed by atoms with Crippen molar-refractivity contribution in [2.45, 2.75) is 19.8 Å². The molecule has 0 aliphatic heterocycles. The van der Waals surface area contributed by atoms with Crippen molar-refractivity contribution in [3.05, 3.63) is 56.2 Å². The molecule has 2 atom stereocenters. The van der Waals surface area contributed by atoms with E-state index >= 15 is 0 Å². The van der Waals surface area contributed by atoms with Crippen molar-refractivity contribution in [3.8, 4) is 11.6 Å². The third-order valence-electron chi connectivity index (χ3n) is 4.77. The zero-order valence-corrected chi connectivity index (χ0v) is 17.0. The Kier molecular flexibility index (Phi) is 6.63. The van der Waals surface area contributed by atoms with Gasteiger partial charge in [0, 0.05) is 20.0 Å². The molecule has 0 saturated carbocycles. The fraction of sp³-hybridized carbons (Fsp3) is 0.400. The number of nitrogens with zero attached hydrogens (tertiary/aromatic N) is 2. The van der Waals surface area contributed by atoms with E-state index in [1.54, 1.807) is 31.2 Å². The van der Waals surface area contributed by atoms with Crippen LogP contribution in [0.2, 0.25) is 0 Å². The zero-order valence-electron chi connectivity index (χ0n) is 17.0. The number of rotatable bonds is 7. The quantitative estimate of drug-likeness (QED) is 0.533. The summed E-state index contributed by atoms with van der Waals surface area (Å²) in [6.45, 7) is 2.84. The average Bonchev–Trinajstić information content (AvgIpc) is 2.70. The van der Waals surface area contributed by atoms with Crippen LogP contribution in [0.5, 0.6) is 11.6 Å². The Morgan fingerprint density at radius 1 is 1.10 bits per heavy atom. The molecule has 29 heavy (non-hydrogen) atoms. The van der Waals surface area contributed by atoms with Gasteiger partial charge in [0.25, 0.3) is 5.56 Å². The van der Waals surface area contributed by atoms with E-state index in [0.29, 0.717) is 11.3 Å². The highest BCUT2D eigenvalue weighted by Crippen LogP contribution is 2.36. The first-order valence-corrected chi connectivity index (χ1v) is 8.95. The minimum atomic E-state index is -1.39. The highest BCUT2D eigenvalue weighted by atomic mass is 16.5. The maximum absolute atomic E-state index is 12.9. The lowest BCUT2D eigenvalue weighted by atomic mass is 9.79. The first-order chi connectivity index (χ1) is 13.6. The van der Waals surface area contributed by atoms with Crippen LogP contribution in [0.4, 0.5) is 0 Å². The van der Waals surface area contributed by atoms with Gasteiger partial charge in [-0.25, -0.2) is 4.79 Å². The molecule has 0 aliphatic carbocycles. The minimum Gasteiger partial charge on any atom is -0.497 e. The predicted octanol–water partition coefficient (Wildman–Crippen LogP) is 0.698. The monoisotopic (exact) mass is 404 g/mol. The minimum absolute atomic E-state index is 0.0369. The van der Waals surface area contributed by atoms with Crippen LogP contribution in [-0.2, 0) is 28.4 Å². The molecule has 0 fully saturated rings. The van der Waals surface area contributed by atoms with E-state index in [2.05, 4.69) is 0 Å². The molecule has 1 heterocycles. The second-order valence-electron chi connectivity index (χ2n) is 6.53. The fourth-order valence-electron chi connectivity index (χ4n) is 3.24. The molecule has 9 nitrogen and oxygen atoms in total. The van der Waals surface area contributed by atoms with Crippen molar-refractivity contribution in [2.24, 2.45) is 20.0 Å². The molecule has 0 bridgehead atoms. The van der Waals surface area contributed by atoms with Gasteiger partial charge in [-0.2, -0.15) is 0 Å². The molecule has 2 rings (SSSR count). The lowest BCUT2D eigenvalue weighted by Crippen LogP contribution is -2.42. The molecule has 2 unspecified atom stereocenters. The Hall–Kier alpha value is -3.36. The second-order valence-corrected chi connectivity index (χ2v) is 6.53. The third-order valence-corrected chi connectivity index (χ3v) is 4.77. The highest BCUT2D eigenvalue weighted by molar-refractivity contribution is 5.99. The molecule has 0 saturated heterocycles. The van der Waals surface area contributed by atoms with Crippen LogP contribution in [0.15, 0.2) is 33.9 Å². The lowest BCUT2D eigenvalue weighted by molar-refractivity contribution is -0.151. The predicted molar refractivity (Wildman–Crippen MR) is 104 cm³/mol. The number of Topliss-reactive ketones (excluding diaryl/α,β-unsaturated/α-hetero) is 1.